The average molecular weight is 494 g/mol. The number of piperidine rings is 1. The molecule has 3 aromatic carbocycles. The van der Waals surface area contributed by atoms with Gasteiger partial charge in [0, 0.05) is 46.1 Å². The Morgan fingerprint density at radius 1 is 1.05 bits per heavy atom. The van der Waals surface area contributed by atoms with E-state index in [4.69, 9.17) is 4.52 Å². The summed E-state index contributed by atoms with van der Waals surface area (Å²) in [6.45, 7) is 7.23. The number of carbonyl (C=O) groups excluding carboxylic acids is 1. The molecule has 0 radical (unpaired) electrons. The predicted octanol–water partition coefficient (Wildman–Crippen LogP) is 6.02. The van der Waals surface area contributed by atoms with Gasteiger partial charge in [-0.2, -0.15) is 4.98 Å². The molecule has 1 saturated heterocycles. The molecule has 6 rings (SSSR count). The molecule has 1 aliphatic heterocycles. The van der Waals surface area contributed by atoms with Crippen LogP contribution in [0.4, 0.5) is 5.69 Å². The third-order valence-corrected chi connectivity index (χ3v) is 7.45. The second kappa shape index (κ2) is 9.82. The molecule has 7 nitrogen and oxygen atoms in total. The zero-order valence-corrected chi connectivity index (χ0v) is 21.3. The number of amides is 1. The van der Waals surface area contributed by atoms with Crippen molar-refractivity contribution in [3.8, 4) is 11.4 Å². The third kappa shape index (κ3) is 4.51. The van der Waals surface area contributed by atoms with Crippen LogP contribution in [-0.4, -0.2) is 38.6 Å². The van der Waals surface area contributed by atoms with Gasteiger partial charge in [-0.3, -0.25) is 9.69 Å². The second-order valence-electron chi connectivity index (χ2n) is 9.88. The molecule has 0 saturated carbocycles. The van der Waals surface area contributed by atoms with Gasteiger partial charge < -0.3 is 14.4 Å². The normalized spacial score (nSPS) is 16.4. The molecule has 1 fully saturated rings. The first-order valence-corrected chi connectivity index (χ1v) is 13.0. The summed E-state index contributed by atoms with van der Waals surface area (Å²) < 4.78 is 7.87. The molecule has 188 valence electrons. The van der Waals surface area contributed by atoms with E-state index in [-0.39, 0.29) is 11.8 Å². The van der Waals surface area contributed by atoms with E-state index in [1.807, 2.05) is 37.3 Å². The number of rotatable bonds is 6. The molecule has 0 spiro atoms. The van der Waals surface area contributed by atoms with Crippen LogP contribution in [0.3, 0.4) is 0 Å². The summed E-state index contributed by atoms with van der Waals surface area (Å²) in [7, 11) is 0. The lowest BCUT2D eigenvalue weighted by atomic mass is 9.97. The zero-order valence-electron chi connectivity index (χ0n) is 21.3. The standard InChI is InChI=1S/C30H31N5O2/c1-3-35-26-13-7-6-12-24(26)25-17-22(14-15-27(25)35)31-30(36)21-10-8-16-34(18-21)19-28-32-29(33-37-28)23-11-5-4-9-20(23)2/h4-7,9,11-15,17,21H,3,8,10,16,18-19H2,1-2H3,(H,31,36). The van der Waals surface area contributed by atoms with Gasteiger partial charge in [-0.25, -0.2) is 0 Å². The molecule has 3 heterocycles. The number of nitrogens with zero attached hydrogens (tertiary/aromatic N) is 4. The van der Waals surface area contributed by atoms with Gasteiger partial charge in [0.25, 0.3) is 0 Å². The third-order valence-electron chi connectivity index (χ3n) is 7.45. The summed E-state index contributed by atoms with van der Waals surface area (Å²) in [5.74, 6) is 1.17. The van der Waals surface area contributed by atoms with Gasteiger partial charge in [-0.05, 0) is 63.1 Å². The highest BCUT2D eigenvalue weighted by molar-refractivity contribution is 6.09. The lowest BCUT2D eigenvalue weighted by molar-refractivity contribution is -0.121. The van der Waals surface area contributed by atoms with Crippen molar-refractivity contribution in [2.45, 2.75) is 39.8 Å². The van der Waals surface area contributed by atoms with Crippen molar-refractivity contribution in [3.05, 3.63) is 78.2 Å². The van der Waals surface area contributed by atoms with Crippen molar-refractivity contribution in [1.82, 2.24) is 19.6 Å². The van der Waals surface area contributed by atoms with Crippen molar-refractivity contribution >= 4 is 33.4 Å². The van der Waals surface area contributed by atoms with E-state index in [2.05, 4.69) is 68.2 Å². The minimum Gasteiger partial charge on any atom is -0.341 e. The summed E-state index contributed by atoms with van der Waals surface area (Å²) in [6, 6.07) is 22.7. The lowest BCUT2D eigenvalue weighted by Gasteiger charge is -2.30. The number of anilines is 1. The highest BCUT2D eigenvalue weighted by Crippen LogP contribution is 2.31. The summed E-state index contributed by atoms with van der Waals surface area (Å²) >= 11 is 0. The number of hydrogen-bond acceptors (Lipinski definition) is 5. The molecule has 1 amide bonds. The molecule has 0 aliphatic carbocycles. The van der Waals surface area contributed by atoms with E-state index in [1.165, 1.54) is 21.8 Å². The fourth-order valence-electron chi connectivity index (χ4n) is 5.57. The van der Waals surface area contributed by atoms with Crippen molar-refractivity contribution in [1.29, 1.82) is 0 Å². The number of carbonyl (C=O) groups is 1. The number of para-hydroxylation sites is 1. The maximum Gasteiger partial charge on any atom is 0.241 e. The smallest absolute Gasteiger partial charge is 0.241 e. The number of nitrogens with one attached hydrogen (secondary N) is 1. The number of hydrogen-bond donors (Lipinski definition) is 1. The monoisotopic (exact) mass is 493 g/mol. The maximum atomic E-state index is 13.3. The van der Waals surface area contributed by atoms with E-state index >= 15 is 0 Å². The van der Waals surface area contributed by atoms with Gasteiger partial charge in [0.2, 0.25) is 17.6 Å². The van der Waals surface area contributed by atoms with Crippen LogP contribution >= 0.6 is 0 Å². The molecule has 1 unspecified atom stereocenters. The van der Waals surface area contributed by atoms with Crippen LogP contribution in [0, 0.1) is 12.8 Å². The highest BCUT2D eigenvalue weighted by atomic mass is 16.5. The van der Waals surface area contributed by atoms with E-state index in [0.717, 1.165) is 42.7 Å². The van der Waals surface area contributed by atoms with Gasteiger partial charge in [-0.1, -0.05) is 47.6 Å². The number of aryl methyl sites for hydroxylation is 2. The van der Waals surface area contributed by atoms with Gasteiger partial charge in [-0.15, -0.1) is 0 Å². The first-order chi connectivity index (χ1) is 18.1. The maximum absolute atomic E-state index is 13.3. The Labute approximate surface area is 216 Å². The zero-order chi connectivity index (χ0) is 25.4. The van der Waals surface area contributed by atoms with Gasteiger partial charge >= 0.3 is 0 Å². The number of likely N-dealkylation sites (tertiary alicyclic amines) is 1. The van der Waals surface area contributed by atoms with Crippen LogP contribution in [0.25, 0.3) is 33.2 Å². The molecule has 7 heteroatoms. The molecule has 1 N–H and O–H groups in total. The summed E-state index contributed by atoms with van der Waals surface area (Å²) in [6.07, 6.45) is 1.83. The molecule has 5 aromatic rings. The SMILES string of the molecule is CCn1c2ccccc2c2cc(NC(=O)C3CCCN(Cc4nc(-c5ccccc5C)no4)C3)ccc21. The van der Waals surface area contributed by atoms with Gasteiger partial charge in [0.1, 0.15) is 0 Å². The van der Waals surface area contributed by atoms with E-state index in [0.29, 0.717) is 24.8 Å². The van der Waals surface area contributed by atoms with E-state index in [9.17, 15) is 4.79 Å². The van der Waals surface area contributed by atoms with Crippen molar-refractivity contribution in [3.63, 3.8) is 0 Å². The molecule has 0 bridgehead atoms. The Hall–Kier alpha value is -3.97. The molecule has 37 heavy (non-hydrogen) atoms. The second-order valence-corrected chi connectivity index (χ2v) is 9.88. The van der Waals surface area contributed by atoms with Crippen molar-refractivity contribution in [2.24, 2.45) is 5.92 Å². The van der Waals surface area contributed by atoms with Crippen molar-refractivity contribution in [2.75, 3.05) is 18.4 Å². The summed E-state index contributed by atoms with van der Waals surface area (Å²) in [5.41, 5.74) is 5.34. The topological polar surface area (TPSA) is 76.2 Å². The number of fused-ring (bicyclic) bond motifs is 3. The minimum absolute atomic E-state index is 0.0643. The molecular weight excluding hydrogens is 462 g/mol. The van der Waals surface area contributed by atoms with Crippen LogP contribution in [0.2, 0.25) is 0 Å². The first-order valence-electron chi connectivity index (χ1n) is 13.0. The molecule has 1 aliphatic rings. The highest BCUT2D eigenvalue weighted by Gasteiger charge is 2.27. The Kier molecular flexibility index (Phi) is 6.22. The van der Waals surface area contributed by atoms with Crippen molar-refractivity contribution < 1.29 is 9.32 Å². The summed E-state index contributed by atoms with van der Waals surface area (Å²) in [5, 5.41) is 9.75. The van der Waals surface area contributed by atoms with Gasteiger partial charge in [0.15, 0.2) is 0 Å². The summed E-state index contributed by atoms with van der Waals surface area (Å²) in [4.78, 5) is 20.1. The van der Waals surface area contributed by atoms with Crippen LogP contribution in [-0.2, 0) is 17.9 Å². The van der Waals surface area contributed by atoms with E-state index in [1.54, 1.807) is 0 Å². The predicted molar refractivity (Wildman–Crippen MR) is 146 cm³/mol. The fraction of sp³-hybridized carbons (Fsp3) is 0.300. The number of benzene rings is 3. The van der Waals surface area contributed by atoms with Crippen LogP contribution in [0.5, 0.6) is 0 Å². The van der Waals surface area contributed by atoms with Crippen LogP contribution in [0.15, 0.2) is 71.3 Å². The molecule has 1 atom stereocenters. The number of aromatic nitrogens is 3. The Morgan fingerprint density at radius 2 is 1.86 bits per heavy atom. The lowest BCUT2D eigenvalue weighted by Crippen LogP contribution is -2.40. The average Bonchev–Trinajstić information content (AvgIpc) is 3.51. The molecular formula is C30H31N5O2. The Morgan fingerprint density at radius 3 is 2.73 bits per heavy atom. The Balaban J connectivity index is 1.15. The largest absolute Gasteiger partial charge is 0.341 e. The Bertz CT molecular complexity index is 1580. The fourth-order valence-corrected chi connectivity index (χ4v) is 5.57. The van der Waals surface area contributed by atoms with Crippen LogP contribution in [0.1, 0.15) is 31.2 Å². The molecule has 2 aromatic heterocycles. The van der Waals surface area contributed by atoms with Gasteiger partial charge in [0.05, 0.1) is 12.5 Å². The first kappa shape index (κ1) is 23.4. The van der Waals surface area contributed by atoms with Crippen LogP contribution < -0.4 is 5.32 Å². The minimum atomic E-state index is -0.0832. The van der Waals surface area contributed by atoms with E-state index < -0.39 is 0 Å². The quantitative estimate of drug-likeness (QED) is 0.313.